The highest BCUT2D eigenvalue weighted by atomic mass is 16.4. The zero-order valence-corrected chi connectivity index (χ0v) is 10.8. The van der Waals surface area contributed by atoms with Crippen molar-refractivity contribution in [3.8, 4) is 11.1 Å². The fourth-order valence-corrected chi connectivity index (χ4v) is 2.22. The highest BCUT2D eigenvalue weighted by Gasteiger charge is 2.15. The van der Waals surface area contributed by atoms with Crippen molar-refractivity contribution in [3.05, 3.63) is 58.7 Å². The maximum atomic E-state index is 11.4. The van der Waals surface area contributed by atoms with Crippen molar-refractivity contribution in [3.63, 3.8) is 0 Å². The molecule has 0 heterocycles. The average Bonchev–Trinajstić information content (AvgIpc) is 2.32. The summed E-state index contributed by atoms with van der Waals surface area (Å²) in [5.41, 5.74) is 5.28. The molecule has 0 spiro atoms. The molecule has 18 heavy (non-hydrogen) atoms. The Hall–Kier alpha value is -2.09. The third-order valence-corrected chi connectivity index (χ3v) is 3.38. The Kier molecular flexibility index (Phi) is 3.19. The lowest BCUT2D eigenvalue weighted by Gasteiger charge is -2.13. The first-order valence-corrected chi connectivity index (χ1v) is 5.92. The number of aromatic carboxylic acids is 1. The minimum absolute atomic E-state index is 0.395. The van der Waals surface area contributed by atoms with Gasteiger partial charge in [0.1, 0.15) is 0 Å². The molecule has 0 aromatic heterocycles. The van der Waals surface area contributed by atoms with E-state index < -0.39 is 5.97 Å². The number of carboxylic acid groups (broad SMARTS) is 1. The second-order valence-electron chi connectivity index (χ2n) is 4.55. The van der Waals surface area contributed by atoms with Gasteiger partial charge in [-0.25, -0.2) is 4.79 Å². The molecule has 0 saturated heterocycles. The number of rotatable bonds is 2. The van der Waals surface area contributed by atoms with Gasteiger partial charge in [0.25, 0.3) is 0 Å². The first-order valence-electron chi connectivity index (χ1n) is 5.92. The van der Waals surface area contributed by atoms with E-state index in [9.17, 15) is 9.90 Å². The van der Waals surface area contributed by atoms with Crippen LogP contribution >= 0.6 is 0 Å². The monoisotopic (exact) mass is 240 g/mol. The topological polar surface area (TPSA) is 37.3 Å². The standard InChI is InChI=1S/C16H16O2/c1-10-6-4-8-13(12(10)3)14-9-5-7-11(2)15(14)16(17)18/h4-9H,1-3H3,(H,17,18). The summed E-state index contributed by atoms with van der Waals surface area (Å²) in [6.07, 6.45) is 0. The first kappa shape index (κ1) is 12.4. The third kappa shape index (κ3) is 2.02. The predicted octanol–water partition coefficient (Wildman–Crippen LogP) is 3.98. The van der Waals surface area contributed by atoms with Crippen molar-refractivity contribution in [2.24, 2.45) is 0 Å². The second-order valence-corrected chi connectivity index (χ2v) is 4.55. The van der Waals surface area contributed by atoms with Crippen LogP contribution in [0.25, 0.3) is 11.1 Å². The van der Waals surface area contributed by atoms with Gasteiger partial charge in [0.2, 0.25) is 0 Å². The lowest BCUT2D eigenvalue weighted by molar-refractivity contribution is 0.0697. The van der Waals surface area contributed by atoms with E-state index in [4.69, 9.17) is 0 Å². The Morgan fingerprint density at radius 3 is 2.06 bits per heavy atom. The Bertz CT molecular complexity index is 612. The summed E-state index contributed by atoms with van der Waals surface area (Å²) in [5, 5.41) is 9.37. The SMILES string of the molecule is Cc1cccc(-c2cccc(C)c2C(=O)O)c1C. The first-order chi connectivity index (χ1) is 8.52. The summed E-state index contributed by atoms with van der Waals surface area (Å²) in [5.74, 6) is -0.871. The van der Waals surface area contributed by atoms with Crippen LogP contribution in [0.15, 0.2) is 36.4 Å². The molecule has 0 aliphatic carbocycles. The fourth-order valence-electron chi connectivity index (χ4n) is 2.22. The summed E-state index contributed by atoms with van der Waals surface area (Å²) in [7, 11) is 0. The van der Waals surface area contributed by atoms with Gasteiger partial charge in [-0.05, 0) is 48.6 Å². The summed E-state index contributed by atoms with van der Waals surface area (Å²) >= 11 is 0. The van der Waals surface area contributed by atoms with Crippen LogP contribution in [-0.4, -0.2) is 11.1 Å². The molecule has 2 aromatic carbocycles. The minimum Gasteiger partial charge on any atom is -0.478 e. The summed E-state index contributed by atoms with van der Waals surface area (Å²) in [6, 6.07) is 11.6. The van der Waals surface area contributed by atoms with Crippen LogP contribution in [0.2, 0.25) is 0 Å². The summed E-state index contributed by atoms with van der Waals surface area (Å²) < 4.78 is 0. The molecule has 2 rings (SSSR count). The van der Waals surface area contributed by atoms with Crippen molar-refractivity contribution in [1.29, 1.82) is 0 Å². The molecule has 2 aromatic rings. The number of hydrogen-bond acceptors (Lipinski definition) is 1. The van der Waals surface area contributed by atoms with E-state index in [1.54, 1.807) is 0 Å². The molecule has 0 fully saturated rings. The van der Waals surface area contributed by atoms with Crippen LogP contribution < -0.4 is 0 Å². The average molecular weight is 240 g/mol. The molecule has 0 saturated carbocycles. The van der Waals surface area contributed by atoms with E-state index in [1.807, 2.05) is 57.2 Å². The van der Waals surface area contributed by atoms with Gasteiger partial charge in [0.15, 0.2) is 0 Å². The Balaban J connectivity index is 2.75. The van der Waals surface area contributed by atoms with E-state index >= 15 is 0 Å². The number of carbonyl (C=O) groups is 1. The minimum atomic E-state index is -0.871. The van der Waals surface area contributed by atoms with E-state index in [2.05, 4.69) is 0 Å². The number of carboxylic acids is 1. The van der Waals surface area contributed by atoms with Gasteiger partial charge in [-0.3, -0.25) is 0 Å². The van der Waals surface area contributed by atoms with Crippen molar-refractivity contribution in [2.45, 2.75) is 20.8 Å². The molecule has 0 radical (unpaired) electrons. The molecule has 0 atom stereocenters. The zero-order chi connectivity index (χ0) is 13.3. The largest absolute Gasteiger partial charge is 0.478 e. The van der Waals surface area contributed by atoms with Gasteiger partial charge < -0.3 is 5.11 Å². The summed E-state index contributed by atoms with van der Waals surface area (Å²) in [6.45, 7) is 5.89. The van der Waals surface area contributed by atoms with E-state index in [0.717, 1.165) is 22.3 Å². The molecule has 1 N–H and O–H groups in total. The van der Waals surface area contributed by atoms with Crippen LogP contribution in [0.1, 0.15) is 27.0 Å². The molecule has 0 bridgehead atoms. The van der Waals surface area contributed by atoms with Crippen LogP contribution in [0.3, 0.4) is 0 Å². The molecule has 0 amide bonds. The molecule has 2 heteroatoms. The maximum Gasteiger partial charge on any atom is 0.336 e. The number of hydrogen-bond donors (Lipinski definition) is 1. The Morgan fingerprint density at radius 1 is 0.889 bits per heavy atom. The second kappa shape index (κ2) is 4.65. The van der Waals surface area contributed by atoms with Crippen LogP contribution in [-0.2, 0) is 0 Å². The normalized spacial score (nSPS) is 10.4. The van der Waals surface area contributed by atoms with E-state index in [0.29, 0.717) is 5.56 Å². The Labute approximate surface area is 107 Å². The van der Waals surface area contributed by atoms with Gasteiger partial charge in [-0.15, -0.1) is 0 Å². The highest BCUT2D eigenvalue weighted by Crippen LogP contribution is 2.30. The van der Waals surface area contributed by atoms with Crippen molar-refractivity contribution < 1.29 is 9.90 Å². The van der Waals surface area contributed by atoms with Crippen molar-refractivity contribution in [1.82, 2.24) is 0 Å². The molecule has 2 nitrogen and oxygen atoms in total. The zero-order valence-electron chi connectivity index (χ0n) is 10.8. The van der Waals surface area contributed by atoms with Gasteiger partial charge in [-0.2, -0.15) is 0 Å². The highest BCUT2D eigenvalue weighted by molar-refractivity contribution is 5.98. The maximum absolute atomic E-state index is 11.4. The summed E-state index contributed by atoms with van der Waals surface area (Å²) in [4.78, 5) is 11.4. The van der Waals surface area contributed by atoms with Crippen molar-refractivity contribution in [2.75, 3.05) is 0 Å². The molecule has 0 aliphatic heterocycles. The molecular formula is C16H16O2. The van der Waals surface area contributed by atoms with E-state index in [1.165, 1.54) is 5.56 Å². The van der Waals surface area contributed by atoms with Gasteiger partial charge in [0, 0.05) is 0 Å². The van der Waals surface area contributed by atoms with E-state index in [-0.39, 0.29) is 0 Å². The van der Waals surface area contributed by atoms with Gasteiger partial charge in [0.05, 0.1) is 5.56 Å². The van der Waals surface area contributed by atoms with Crippen LogP contribution in [0.4, 0.5) is 0 Å². The predicted molar refractivity (Wildman–Crippen MR) is 73.0 cm³/mol. The van der Waals surface area contributed by atoms with Gasteiger partial charge >= 0.3 is 5.97 Å². The van der Waals surface area contributed by atoms with Crippen LogP contribution in [0, 0.1) is 20.8 Å². The third-order valence-electron chi connectivity index (χ3n) is 3.38. The molecular weight excluding hydrogens is 224 g/mol. The number of benzene rings is 2. The number of aryl methyl sites for hydroxylation is 2. The smallest absolute Gasteiger partial charge is 0.336 e. The van der Waals surface area contributed by atoms with Crippen LogP contribution in [0.5, 0.6) is 0 Å². The van der Waals surface area contributed by atoms with Crippen molar-refractivity contribution >= 4 is 5.97 Å². The van der Waals surface area contributed by atoms with Gasteiger partial charge in [-0.1, -0.05) is 36.4 Å². The Morgan fingerprint density at radius 2 is 1.44 bits per heavy atom. The molecule has 92 valence electrons. The molecule has 0 aliphatic rings. The lowest BCUT2D eigenvalue weighted by Crippen LogP contribution is -2.03. The quantitative estimate of drug-likeness (QED) is 0.862. The lowest BCUT2D eigenvalue weighted by atomic mass is 9.91. The molecule has 0 unspecified atom stereocenters. The fraction of sp³-hybridized carbons (Fsp3) is 0.188.